The summed E-state index contributed by atoms with van der Waals surface area (Å²) >= 11 is 0. The quantitative estimate of drug-likeness (QED) is 0.536. The van der Waals surface area contributed by atoms with Crippen molar-refractivity contribution in [3.63, 3.8) is 0 Å². The first-order valence-electron chi connectivity index (χ1n) is 11.4. The number of piperidine rings is 1. The van der Waals surface area contributed by atoms with Crippen LogP contribution in [0, 0.1) is 29.5 Å². The zero-order chi connectivity index (χ0) is 22.1. The number of fused-ring (bicyclic) bond motifs is 1. The molecule has 1 aliphatic carbocycles. The van der Waals surface area contributed by atoms with Gasteiger partial charge in [-0.3, -0.25) is 9.69 Å². The van der Waals surface area contributed by atoms with E-state index in [9.17, 15) is 19.4 Å². The van der Waals surface area contributed by atoms with Crippen LogP contribution in [0.15, 0.2) is 24.3 Å². The predicted molar refractivity (Wildman–Crippen MR) is 115 cm³/mol. The minimum absolute atomic E-state index is 0.0118. The summed E-state index contributed by atoms with van der Waals surface area (Å²) in [4.78, 5) is 17.5. The highest BCUT2D eigenvalue weighted by molar-refractivity contribution is 5.79. The Kier molecular flexibility index (Phi) is 6.81. The maximum Gasteiger partial charge on any atom is 0.223 e. The second kappa shape index (κ2) is 9.40. The van der Waals surface area contributed by atoms with Crippen molar-refractivity contribution in [2.45, 2.75) is 38.0 Å². The van der Waals surface area contributed by atoms with Crippen LogP contribution >= 0.6 is 0 Å². The fourth-order valence-corrected chi connectivity index (χ4v) is 5.96. The summed E-state index contributed by atoms with van der Waals surface area (Å²) in [6.07, 6.45) is 0.177. The van der Waals surface area contributed by atoms with E-state index in [2.05, 4.69) is 15.1 Å². The van der Waals surface area contributed by atoms with Crippen LogP contribution in [0.3, 0.4) is 0 Å². The number of aliphatic hydroxyl groups excluding tert-OH is 3. The third-order valence-corrected chi connectivity index (χ3v) is 7.68. The smallest absolute Gasteiger partial charge is 0.223 e. The number of rotatable bonds is 5. The molecule has 7 nitrogen and oxygen atoms in total. The lowest BCUT2D eigenvalue weighted by atomic mass is 9.65. The number of nitrogens with one attached hydrogen (secondary N) is 1. The molecule has 3 aliphatic rings. The first-order chi connectivity index (χ1) is 14.9. The fourth-order valence-electron chi connectivity index (χ4n) is 5.96. The van der Waals surface area contributed by atoms with E-state index in [0.717, 1.165) is 38.2 Å². The Hall–Kier alpha value is -1.74. The van der Waals surface area contributed by atoms with Crippen molar-refractivity contribution in [3.05, 3.63) is 30.1 Å². The number of carbonyl (C=O) groups excluding carboxylic acids is 1. The third kappa shape index (κ3) is 4.44. The molecule has 1 amide bonds. The number of benzene rings is 1. The van der Waals surface area contributed by atoms with Gasteiger partial charge >= 0.3 is 0 Å². The average Bonchev–Trinajstić information content (AvgIpc) is 3.22. The lowest BCUT2D eigenvalue weighted by molar-refractivity contribution is -0.145. The third-order valence-electron chi connectivity index (χ3n) is 7.68. The highest BCUT2D eigenvalue weighted by Crippen LogP contribution is 2.44. The molecule has 0 unspecified atom stereocenters. The lowest BCUT2D eigenvalue weighted by Crippen LogP contribution is -2.55. The SMILES string of the molecule is C[C@H]1[C@H](O)[C@@H](O)[C@H]2CN(C3CCN(c4ccc(F)cc4)CC3)C[C@@H]2[C@H]1C(=O)NCCO. The van der Waals surface area contributed by atoms with Crippen molar-refractivity contribution in [1.82, 2.24) is 10.2 Å². The molecule has 2 aliphatic heterocycles. The van der Waals surface area contributed by atoms with Gasteiger partial charge in [-0.25, -0.2) is 4.39 Å². The van der Waals surface area contributed by atoms with E-state index >= 15 is 0 Å². The zero-order valence-corrected chi connectivity index (χ0v) is 18.0. The Morgan fingerprint density at radius 2 is 1.74 bits per heavy atom. The van der Waals surface area contributed by atoms with Gasteiger partial charge in [-0.05, 0) is 48.9 Å². The van der Waals surface area contributed by atoms with Gasteiger partial charge in [0.05, 0.1) is 18.8 Å². The van der Waals surface area contributed by atoms with Crippen molar-refractivity contribution in [3.8, 4) is 0 Å². The highest BCUT2D eigenvalue weighted by Gasteiger charge is 2.54. The maximum atomic E-state index is 13.2. The Labute approximate surface area is 182 Å². The average molecular weight is 436 g/mol. The molecule has 1 aromatic carbocycles. The highest BCUT2D eigenvalue weighted by atomic mass is 19.1. The van der Waals surface area contributed by atoms with Gasteiger partial charge in [0.1, 0.15) is 5.82 Å². The Balaban J connectivity index is 1.41. The van der Waals surface area contributed by atoms with Gasteiger partial charge in [-0.15, -0.1) is 0 Å². The van der Waals surface area contributed by atoms with Crippen molar-refractivity contribution in [2.75, 3.05) is 44.2 Å². The minimum Gasteiger partial charge on any atom is -0.395 e. The summed E-state index contributed by atoms with van der Waals surface area (Å²) in [6.45, 7) is 5.08. The number of nitrogens with zero attached hydrogens (tertiary/aromatic N) is 2. The summed E-state index contributed by atoms with van der Waals surface area (Å²) in [5.41, 5.74) is 1.03. The van der Waals surface area contributed by atoms with Crippen LogP contribution in [0.1, 0.15) is 19.8 Å². The predicted octanol–water partition coefficient (Wildman–Crippen LogP) is 0.439. The van der Waals surface area contributed by atoms with Crippen LogP contribution in [0.4, 0.5) is 10.1 Å². The lowest BCUT2D eigenvalue weighted by Gasteiger charge is -2.43. The Morgan fingerprint density at radius 3 is 2.39 bits per heavy atom. The molecular weight excluding hydrogens is 401 g/mol. The number of anilines is 1. The molecule has 0 spiro atoms. The maximum absolute atomic E-state index is 13.2. The molecule has 0 bridgehead atoms. The van der Waals surface area contributed by atoms with Gasteiger partial charge in [-0.2, -0.15) is 0 Å². The van der Waals surface area contributed by atoms with E-state index in [1.165, 1.54) is 12.1 Å². The second-order valence-corrected chi connectivity index (χ2v) is 9.36. The first kappa shape index (κ1) is 22.5. The van der Waals surface area contributed by atoms with E-state index in [1.807, 2.05) is 19.1 Å². The number of amides is 1. The summed E-state index contributed by atoms with van der Waals surface area (Å²) in [6, 6.07) is 6.97. The minimum atomic E-state index is -0.925. The Bertz CT molecular complexity index is 756. The van der Waals surface area contributed by atoms with E-state index in [1.54, 1.807) is 0 Å². The molecule has 1 aromatic rings. The Morgan fingerprint density at radius 1 is 1.10 bits per heavy atom. The van der Waals surface area contributed by atoms with Crippen LogP contribution in [0.2, 0.25) is 0 Å². The number of halogens is 1. The summed E-state index contributed by atoms with van der Waals surface area (Å²) in [5.74, 6) is -1.23. The topological polar surface area (TPSA) is 96.3 Å². The van der Waals surface area contributed by atoms with Gasteiger partial charge in [0.25, 0.3) is 0 Å². The molecular formula is C23H34FN3O4. The fraction of sp³-hybridized carbons (Fsp3) is 0.696. The second-order valence-electron chi connectivity index (χ2n) is 9.36. The van der Waals surface area contributed by atoms with E-state index in [4.69, 9.17) is 5.11 Å². The normalized spacial score (nSPS) is 34.5. The van der Waals surface area contributed by atoms with Crippen molar-refractivity contribution >= 4 is 11.6 Å². The largest absolute Gasteiger partial charge is 0.395 e. The monoisotopic (exact) mass is 435 g/mol. The number of aliphatic hydroxyl groups is 3. The van der Waals surface area contributed by atoms with Gasteiger partial charge < -0.3 is 25.5 Å². The van der Waals surface area contributed by atoms with Gasteiger partial charge in [0, 0.05) is 56.3 Å². The van der Waals surface area contributed by atoms with Crippen LogP contribution in [-0.2, 0) is 4.79 Å². The molecule has 0 radical (unpaired) electrons. The molecule has 1 saturated carbocycles. The standard InChI is InChI=1S/C23H34FN3O4/c1-14-20(23(31)25-8-11-28)18-12-27(13-19(18)22(30)21(14)29)17-6-9-26(10-7-17)16-4-2-15(24)3-5-16/h2-5,14,17-22,28-30H,6-13H2,1H3,(H,25,31)/t14-,18+,19+,20+,21+,22+/m1/s1. The number of carbonyl (C=O) groups is 1. The van der Waals surface area contributed by atoms with Gasteiger partial charge in [-0.1, -0.05) is 6.92 Å². The van der Waals surface area contributed by atoms with Gasteiger partial charge in [0.15, 0.2) is 0 Å². The summed E-state index contributed by atoms with van der Waals surface area (Å²) < 4.78 is 13.2. The molecule has 2 heterocycles. The van der Waals surface area contributed by atoms with Crippen LogP contribution in [0.5, 0.6) is 0 Å². The van der Waals surface area contributed by atoms with E-state index < -0.39 is 12.2 Å². The number of likely N-dealkylation sites (tertiary alicyclic amines) is 1. The molecule has 3 fully saturated rings. The molecule has 4 rings (SSSR count). The summed E-state index contributed by atoms with van der Waals surface area (Å²) in [7, 11) is 0. The number of hydrogen-bond acceptors (Lipinski definition) is 6. The van der Waals surface area contributed by atoms with Crippen molar-refractivity contribution in [1.29, 1.82) is 0 Å². The van der Waals surface area contributed by atoms with Gasteiger partial charge in [0.2, 0.25) is 5.91 Å². The van der Waals surface area contributed by atoms with Crippen LogP contribution in [0.25, 0.3) is 0 Å². The molecule has 172 valence electrons. The van der Waals surface area contributed by atoms with Crippen LogP contribution < -0.4 is 10.2 Å². The van der Waals surface area contributed by atoms with Crippen molar-refractivity contribution < 1.29 is 24.5 Å². The molecule has 8 heteroatoms. The van der Waals surface area contributed by atoms with E-state index in [-0.39, 0.29) is 48.5 Å². The zero-order valence-electron chi connectivity index (χ0n) is 18.0. The summed E-state index contributed by atoms with van der Waals surface area (Å²) in [5, 5.41) is 33.1. The molecule has 4 N–H and O–H groups in total. The first-order valence-corrected chi connectivity index (χ1v) is 11.4. The molecule has 6 atom stereocenters. The molecule has 2 saturated heterocycles. The van der Waals surface area contributed by atoms with Crippen LogP contribution in [-0.4, -0.2) is 83.7 Å². The molecule has 31 heavy (non-hydrogen) atoms. The molecule has 0 aromatic heterocycles. The van der Waals surface area contributed by atoms with Crippen molar-refractivity contribution in [2.24, 2.45) is 23.7 Å². The number of hydrogen-bond donors (Lipinski definition) is 4. The van der Waals surface area contributed by atoms with E-state index in [0.29, 0.717) is 12.6 Å².